The van der Waals surface area contributed by atoms with Gasteiger partial charge in [-0.25, -0.2) is 4.79 Å². The molecule has 1 aromatic rings. The summed E-state index contributed by atoms with van der Waals surface area (Å²) in [4.78, 5) is 24.8. The lowest BCUT2D eigenvalue weighted by atomic mass is 9.66. The molecular weight excluding hydrogens is 288 g/mol. The number of hydrogen-bond donors (Lipinski definition) is 0. The van der Waals surface area contributed by atoms with E-state index in [-0.39, 0.29) is 29.5 Å². The first-order valence-electron chi connectivity index (χ1n) is 8.26. The molecule has 0 N–H and O–H groups in total. The Labute approximate surface area is 138 Å². The normalized spacial score (nSPS) is 21.2. The van der Waals surface area contributed by atoms with Crippen LogP contribution in [0.4, 0.5) is 0 Å². The molecule has 3 nitrogen and oxygen atoms in total. The Bertz CT molecular complexity index is 599. The molecule has 1 aliphatic rings. The van der Waals surface area contributed by atoms with E-state index in [0.717, 1.165) is 18.4 Å². The van der Waals surface area contributed by atoms with Crippen LogP contribution in [-0.2, 0) is 9.53 Å². The highest BCUT2D eigenvalue weighted by atomic mass is 16.5. The van der Waals surface area contributed by atoms with Gasteiger partial charge in [-0.05, 0) is 44.2 Å². The smallest absolute Gasteiger partial charge is 0.338 e. The number of hydrogen-bond acceptors (Lipinski definition) is 3. The highest BCUT2D eigenvalue weighted by Crippen LogP contribution is 2.42. The third-order valence-electron chi connectivity index (χ3n) is 4.62. The van der Waals surface area contributed by atoms with Crippen molar-refractivity contribution in [2.45, 2.75) is 53.1 Å². The molecule has 0 aliphatic heterocycles. The quantitative estimate of drug-likeness (QED) is 0.590. The molecule has 0 amide bonds. The molecule has 0 spiro atoms. The number of carbonyl (C=O) groups excluding carboxylic acids is 2. The Morgan fingerprint density at radius 2 is 1.91 bits per heavy atom. The second-order valence-corrected chi connectivity index (χ2v) is 7.16. The lowest BCUT2D eigenvalue weighted by molar-refractivity contribution is -0.127. The molecule has 0 heterocycles. The summed E-state index contributed by atoms with van der Waals surface area (Å²) >= 11 is 0. The van der Waals surface area contributed by atoms with Crippen molar-refractivity contribution in [2.24, 2.45) is 11.3 Å². The number of carbonyl (C=O) groups is 2. The van der Waals surface area contributed by atoms with Gasteiger partial charge in [0, 0.05) is 12.3 Å². The zero-order valence-corrected chi connectivity index (χ0v) is 14.5. The summed E-state index contributed by atoms with van der Waals surface area (Å²) in [6.07, 6.45) is 4.05. The van der Waals surface area contributed by atoms with Crippen molar-refractivity contribution in [1.82, 2.24) is 0 Å². The Morgan fingerprint density at radius 3 is 2.52 bits per heavy atom. The second-order valence-electron chi connectivity index (χ2n) is 7.16. The van der Waals surface area contributed by atoms with Gasteiger partial charge in [0.25, 0.3) is 0 Å². The predicted octanol–water partition coefficient (Wildman–Crippen LogP) is 4.57. The number of rotatable bonds is 5. The number of esters is 1. The van der Waals surface area contributed by atoms with Crippen LogP contribution in [0, 0.1) is 11.3 Å². The van der Waals surface area contributed by atoms with Gasteiger partial charge in [0.2, 0.25) is 0 Å². The third-order valence-corrected chi connectivity index (χ3v) is 4.62. The predicted molar refractivity (Wildman–Crippen MR) is 91.2 cm³/mol. The van der Waals surface area contributed by atoms with Gasteiger partial charge in [-0.1, -0.05) is 43.7 Å². The van der Waals surface area contributed by atoms with E-state index in [0.29, 0.717) is 5.56 Å². The Balaban J connectivity index is 1.98. The summed E-state index contributed by atoms with van der Waals surface area (Å²) in [7, 11) is 0. The van der Waals surface area contributed by atoms with Crippen LogP contribution in [0.15, 0.2) is 42.0 Å². The molecule has 0 aromatic heterocycles. The van der Waals surface area contributed by atoms with Gasteiger partial charge >= 0.3 is 5.97 Å². The number of Topliss-reactive ketones (excluding diaryl/α,β-unsaturated/α-hetero) is 1. The van der Waals surface area contributed by atoms with Crippen molar-refractivity contribution >= 4 is 11.8 Å². The van der Waals surface area contributed by atoms with Crippen molar-refractivity contribution in [2.75, 3.05) is 0 Å². The maximum Gasteiger partial charge on any atom is 0.338 e. The van der Waals surface area contributed by atoms with E-state index in [1.165, 1.54) is 0 Å². The van der Waals surface area contributed by atoms with Crippen LogP contribution >= 0.6 is 0 Å². The maximum atomic E-state index is 12.7. The fraction of sp³-hybridized carbons (Fsp3) is 0.500. The van der Waals surface area contributed by atoms with Gasteiger partial charge in [0.1, 0.15) is 11.9 Å². The van der Waals surface area contributed by atoms with Crippen LogP contribution in [0.1, 0.15) is 57.3 Å². The van der Waals surface area contributed by atoms with Gasteiger partial charge in [-0.3, -0.25) is 4.79 Å². The van der Waals surface area contributed by atoms with Crippen LogP contribution < -0.4 is 0 Å². The van der Waals surface area contributed by atoms with Crippen LogP contribution in [0.5, 0.6) is 0 Å². The zero-order valence-electron chi connectivity index (χ0n) is 14.5. The summed E-state index contributed by atoms with van der Waals surface area (Å²) in [5.74, 6) is -0.285. The standard InChI is InChI=1S/C20H26O3/c1-14-9-8-12-20(3,4)18(14)17(21)13-15(2)23-19(22)16-10-6-5-7-11-16/h5-7,9-11,15,18H,8,12-13H2,1-4H3/t15?,18-/m0/s1. The summed E-state index contributed by atoms with van der Waals surface area (Å²) in [5, 5.41) is 0. The van der Waals surface area contributed by atoms with Gasteiger partial charge in [0.15, 0.2) is 0 Å². The Hall–Kier alpha value is -1.90. The number of allylic oxidation sites excluding steroid dienone is 2. The molecule has 1 aliphatic carbocycles. The Kier molecular flexibility index (Phi) is 5.40. The molecule has 124 valence electrons. The molecule has 23 heavy (non-hydrogen) atoms. The topological polar surface area (TPSA) is 43.4 Å². The van der Waals surface area contributed by atoms with Crippen molar-refractivity contribution in [1.29, 1.82) is 0 Å². The second kappa shape index (κ2) is 7.12. The number of ketones is 1. The molecular formula is C20H26O3. The lowest BCUT2D eigenvalue weighted by Gasteiger charge is -2.37. The van der Waals surface area contributed by atoms with Crippen molar-refractivity contribution in [3.05, 3.63) is 47.5 Å². The van der Waals surface area contributed by atoms with Crippen LogP contribution in [0.25, 0.3) is 0 Å². The zero-order chi connectivity index (χ0) is 17.0. The van der Waals surface area contributed by atoms with Gasteiger partial charge in [0.05, 0.1) is 5.56 Å². The summed E-state index contributed by atoms with van der Waals surface area (Å²) in [6, 6.07) is 8.88. The highest BCUT2D eigenvalue weighted by Gasteiger charge is 2.38. The van der Waals surface area contributed by atoms with Gasteiger partial charge < -0.3 is 4.74 Å². The molecule has 2 rings (SSSR count). The van der Waals surface area contributed by atoms with E-state index in [1.807, 2.05) is 13.0 Å². The third kappa shape index (κ3) is 4.31. The minimum Gasteiger partial charge on any atom is -0.459 e. The fourth-order valence-electron chi connectivity index (χ4n) is 3.51. The highest BCUT2D eigenvalue weighted by molar-refractivity contribution is 5.90. The van der Waals surface area contributed by atoms with Crippen LogP contribution in [-0.4, -0.2) is 17.9 Å². The van der Waals surface area contributed by atoms with E-state index in [2.05, 4.69) is 19.9 Å². The molecule has 0 saturated heterocycles. The van der Waals surface area contributed by atoms with E-state index in [4.69, 9.17) is 4.74 Å². The maximum absolute atomic E-state index is 12.7. The Morgan fingerprint density at radius 1 is 1.26 bits per heavy atom. The molecule has 0 radical (unpaired) electrons. The first-order chi connectivity index (χ1) is 10.8. The van der Waals surface area contributed by atoms with Crippen molar-refractivity contribution < 1.29 is 14.3 Å². The van der Waals surface area contributed by atoms with Crippen molar-refractivity contribution in [3.63, 3.8) is 0 Å². The van der Waals surface area contributed by atoms with Crippen LogP contribution in [0.2, 0.25) is 0 Å². The minimum absolute atomic E-state index is 0.0287. The first kappa shape index (κ1) is 17.5. The summed E-state index contributed by atoms with van der Waals surface area (Å²) in [6.45, 7) is 8.11. The molecule has 1 aromatic carbocycles. The van der Waals surface area contributed by atoms with E-state index < -0.39 is 6.10 Å². The largest absolute Gasteiger partial charge is 0.459 e. The molecule has 0 saturated carbocycles. The SMILES string of the molecule is CC1=CCCC(C)(C)[C@@H]1C(=O)CC(C)OC(=O)c1ccccc1. The molecule has 3 heteroatoms. The molecule has 1 unspecified atom stereocenters. The van der Waals surface area contributed by atoms with Crippen LogP contribution in [0.3, 0.4) is 0 Å². The lowest BCUT2D eigenvalue weighted by Crippen LogP contribution is -2.36. The number of benzene rings is 1. The van der Waals surface area contributed by atoms with Gasteiger partial charge in [-0.15, -0.1) is 0 Å². The van der Waals surface area contributed by atoms with Crippen molar-refractivity contribution in [3.8, 4) is 0 Å². The first-order valence-corrected chi connectivity index (χ1v) is 8.26. The number of ether oxygens (including phenoxy) is 1. The molecule has 0 fully saturated rings. The molecule has 2 atom stereocenters. The summed E-state index contributed by atoms with van der Waals surface area (Å²) < 4.78 is 5.42. The van der Waals surface area contributed by atoms with Gasteiger partial charge in [-0.2, -0.15) is 0 Å². The van der Waals surface area contributed by atoms with E-state index >= 15 is 0 Å². The average Bonchev–Trinajstić information content (AvgIpc) is 2.46. The minimum atomic E-state index is -0.416. The average molecular weight is 314 g/mol. The summed E-state index contributed by atoms with van der Waals surface area (Å²) in [5.41, 5.74) is 1.63. The van der Waals surface area contributed by atoms with E-state index in [1.54, 1.807) is 31.2 Å². The molecule has 0 bridgehead atoms. The monoisotopic (exact) mass is 314 g/mol. The van der Waals surface area contributed by atoms with E-state index in [9.17, 15) is 9.59 Å². The fourth-order valence-corrected chi connectivity index (χ4v) is 3.51.